The largest absolute Gasteiger partial charge is 0.118 e. The molecular formula is C21H27P. The molecule has 1 heteroatoms. The molecule has 1 saturated carbocycles. The van der Waals surface area contributed by atoms with E-state index in [0.29, 0.717) is 5.41 Å². The minimum absolute atomic E-state index is 0.580. The SMILES string of the molecule is C1=C(C2(C3c4ccccc4C4CCCPC43)CCC2)CCC1. The van der Waals surface area contributed by atoms with E-state index in [9.17, 15) is 0 Å². The first-order chi connectivity index (χ1) is 10.9. The van der Waals surface area contributed by atoms with Gasteiger partial charge in [0.05, 0.1) is 0 Å². The Kier molecular flexibility index (Phi) is 3.26. The molecule has 1 aromatic rings. The molecule has 0 aromatic heterocycles. The minimum Gasteiger partial charge on any atom is -0.118 e. The van der Waals surface area contributed by atoms with Crippen LogP contribution in [0.3, 0.4) is 0 Å². The number of allylic oxidation sites excluding steroid dienone is 2. The van der Waals surface area contributed by atoms with Crippen molar-refractivity contribution < 1.29 is 0 Å². The van der Waals surface area contributed by atoms with Gasteiger partial charge in [-0.15, -0.1) is 8.58 Å². The normalized spacial score (nSPS) is 36.5. The minimum atomic E-state index is 0.580. The van der Waals surface area contributed by atoms with Gasteiger partial charge in [-0.25, -0.2) is 0 Å². The second kappa shape index (κ2) is 5.20. The van der Waals surface area contributed by atoms with Crippen molar-refractivity contribution in [1.82, 2.24) is 0 Å². The smallest absolute Gasteiger partial charge is 0.000594 e. The van der Waals surface area contributed by atoms with E-state index in [1.165, 1.54) is 66.1 Å². The van der Waals surface area contributed by atoms with Crippen molar-refractivity contribution in [3.8, 4) is 0 Å². The van der Waals surface area contributed by atoms with Crippen LogP contribution in [0.2, 0.25) is 0 Å². The van der Waals surface area contributed by atoms with Crippen LogP contribution < -0.4 is 0 Å². The lowest BCUT2D eigenvalue weighted by Crippen LogP contribution is -2.41. The summed E-state index contributed by atoms with van der Waals surface area (Å²) >= 11 is 0. The van der Waals surface area contributed by atoms with Gasteiger partial charge in [-0.05, 0) is 79.2 Å². The predicted molar refractivity (Wildman–Crippen MR) is 96.3 cm³/mol. The number of benzene rings is 1. The van der Waals surface area contributed by atoms with Crippen LogP contribution in [0.15, 0.2) is 35.9 Å². The van der Waals surface area contributed by atoms with Crippen LogP contribution >= 0.6 is 8.58 Å². The van der Waals surface area contributed by atoms with E-state index >= 15 is 0 Å². The van der Waals surface area contributed by atoms with Crippen LogP contribution in [-0.2, 0) is 0 Å². The molecule has 4 atom stereocenters. The summed E-state index contributed by atoms with van der Waals surface area (Å²) in [7, 11) is 1.21. The predicted octanol–water partition coefficient (Wildman–Crippen LogP) is 5.99. The van der Waals surface area contributed by atoms with Crippen molar-refractivity contribution in [2.45, 2.75) is 68.9 Å². The molecule has 0 spiro atoms. The molecule has 0 radical (unpaired) electrons. The summed E-state index contributed by atoms with van der Waals surface area (Å²) in [6.45, 7) is 0. The van der Waals surface area contributed by atoms with Gasteiger partial charge in [0, 0.05) is 5.92 Å². The zero-order valence-corrected chi connectivity index (χ0v) is 14.5. The lowest BCUT2D eigenvalue weighted by atomic mass is 9.55. The van der Waals surface area contributed by atoms with Gasteiger partial charge in [0.2, 0.25) is 0 Å². The maximum atomic E-state index is 2.64. The molecule has 4 unspecified atom stereocenters. The van der Waals surface area contributed by atoms with Crippen LogP contribution in [-0.4, -0.2) is 11.8 Å². The summed E-state index contributed by atoms with van der Waals surface area (Å²) in [5.41, 5.74) is 6.94. The highest BCUT2D eigenvalue weighted by Gasteiger charge is 2.55. The Balaban J connectivity index is 1.63. The van der Waals surface area contributed by atoms with E-state index in [1.54, 1.807) is 11.1 Å². The number of fused-ring (bicyclic) bond motifs is 3. The first kappa shape index (κ1) is 13.8. The Hall–Kier alpha value is -0.610. The second-order valence-electron chi connectivity index (χ2n) is 7.97. The lowest BCUT2D eigenvalue weighted by Gasteiger charge is -2.51. The summed E-state index contributed by atoms with van der Waals surface area (Å²) in [5, 5.41) is 0. The van der Waals surface area contributed by atoms with Gasteiger partial charge in [-0.2, -0.15) is 0 Å². The maximum absolute atomic E-state index is 2.64. The second-order valence-corrected chi connectivity index (χ2v) is 9.54. The van der Waals surface area contributed by atoms with Gasteiger partial charge < -0.3 is 0 Å². The molecule has 5 rings (SSSR count). The summed E-state index contributed by atoms with van der Waals surface area (Å²) in [6, 6.07) is 9.57. The molecule has 1 saturated heterocycles. The summed E-state index contributed by atoms with van der Waals surface area (Å²) < 4.78 is 0. The third-order valence-corrected chi connectivity index (χ3v) is 8.97. The molecule has 22 heavy (non-hydrogen) atoms. The average Bonchev–Trinajstić information content (AvgIpc) is 3.15. The topological polar surface area (TPSA) is 0 Å². The fourth-order valence-electron chi connectivity index (χ4n) is 6.09. The first-order valence-electron chi connectivity index (χ1n) is 9.42. The van der Waals surface area contributed by atoms with Gasteiger partial charge in [0.25, 0.3) is 0 Å². The Morgan fingerprint density at radius 1 is 1.00 bits per heavy atom. The summed E-state index contributed by atoms with van der Waals surface area (Å²) in [5.74, 6) is 1.76. The molecule has 1 heterocycles. The van der Waals surface area contributed by atoms with Gasteiger partial charge in [-0.3, -0.25) is 0 Å². The molecular weight excluding hydrogens is 283 g/mol. The highest BCUT2D eigenvalue weighted by Crippen LogP contribution is 2.68. The van der Waals surface area contributed by atoms with Gasteiger partial charge in [0.15, 0.2) is 0 Å². The number of rotatable bonds is 2. The zero-order valence-electron chi connectivity index (χ0n) is 13.5. The molecule has 2 fully saturated rings. The first-order valence-corrected chi connectivity index (χ1v) is 10.7. The Morgan fingerprint density at radius 3 is 2.59 bits per heavy atom. The molecule has 3 aliphatic carbocycles. The highest BCUT2D eigenvalue weighted by atomic mass is 31.1. The standard InChI is InChI=1S/C21H27P/c1-2-8-15(7-1)21(12-6-13-21)19-17-10-4-3-9-16(17)18-11-5-14-22-20(18)19/h3-4,7,9-10,18-20,22H,1-2,5-6,8,11-14H2. The fourth-order valence-corrected chi connectivity index (χ4v) is 8.20. The third-order valence-electron chi connectivity index (χ3n) is 7.12. The quantitative estimate of drug-likeness (QED) is 0.465. The molecule has 0 nitrogen and oxygen atoms in total. The van der Waals surface area contributed by atoms with Crippen molar-refractivity contribution in [1.29, 1.82) is 0 Å². The molecule has 0 bridgehead atoms. The molecule has 0 N–H and O–H groups in total. The van der Waals surface area contributed by atoms with E-state index in [2.05, 4.69) is 30.3 Å². The van der Waals surface area contributed by atoms with E-state index in [4.69, 9.17) is 0 Å². The molecule has 1 aromatic carbocycles. The Morgan fingerprint density at radius 2 is 1.86 bits per heavy atom. The maximum Gasteiger partial charge on any atom is 0.000594 e. The van der Waals surface area contributed by atoms with Crippen LogP contribution in [0, 0.1) is 5.41 Å². The number of hydrogen-bond donors (Lipinski definition) is 0. The van der Waals surface area contributed by atoms with Crippen LogP contribution in [0.25, 0.3) is 0 Å². The van der Waals surface area contributed by atoms with Crippen molar-refractivity contribution in [2.75, 3.05) is 6.16 Å². The van der Waals surface area contributed by atoms with E-state index < -0.39 is 0 Å². The van der Waals surface area contributed by atoms with E-state index in [0.717, 1.165) is 17.5 Å². The lowest BCUT2D eigenvalue weighted by molar-refractivity contribution is 0.134. The summed E-state index contributed by atoms with van der Waals surface area (Å²) in [6.07, 6.45) is 15.7. The van der Waals surface area contributed by atoms with Crippen LogP contribution in [0.4, 0.5) is 0 Å². The van der Waals surface area contributed by atoms with Crippen molar-refractivity contribution in [3.05, 3.63) is 47.0 Å². The van der Waals surface area contributed by atoms with E-state index in [1.807, 2.05) is 5.57 Å². The van der Waals surface area contributed by atoms with Crippen molar-refractivity contribution in [3.63, 3.8) is 0 Å². The van der Waals surface area contributed by atoms with Crippen LogP contribution in [0.1, 0.15) is 74.3 Å². The Bertz CT molecular complexity index is 610. The summed E-state index contributed by atoms with van der Waals surface area (Å²) in [4.78, 5) is 0. The van der Waals surface area contributed by atoms with Crippen LogP contribution in [0.5, 0.6) is 0 Å². The molecule has 4 aliphatic rings. The zero-order chi connectivity index (χ0) is 14.6. The third kappa shape index (κ3) is 1.80. The molecule has 1 aliphatic heterocycles. The Labute approximate surface area is 136 Å². The fraction of sp³-hybridized carbons (Fsp3) is 0.619. The molecule has 116 valence electrons. The number of hydrogen-bond acceptors (Lipinski definition) is 0. The van der Waals surface area contributed by atoms with E-state index in [-0.39, 0.29) is 0 Å². The van der Waals surface area contributed by atoms with Crippen molar-refractivity contribution in [2.24, 2.45) is 5.41 Å². The average molecular weight is 310 g/mol. The van der Waals surface area contributed by atoms with Gasteiger partial charge >= 0.3 is 0 Å². The van der Waals surface area contributed by atoms with Gasteiger partial charge in [-0.1, -0.05) is 42.3 Å². The highest BCUT2D eigenvalue weighted by molar-refractivity contribution is 7.39. The van der Waals surface area contributed by atoms with Crippen molar-refractivity contribution >= 4 is 8.58 Å². The monoisotopic (exact) mass is 310 g/mol. The molecule has 0 amide bonds. The van der Waals surface area contributed by atoms with Gasteiger partial charge in [0.1, 0.15) is 0 Å².